The molecule has 5 nitrogen and oxygen atoms in total. The van der Waals surface area contributed by atoms with Crippen LogP contribution in [0.15, 0.2) is 60.9 Å². The van der Waals surface area contributed by atoms with E-state index in [1.807, 2.05) is 24.3 Å². The van der Waals surface area contributed by atoms with Gasteiger partial charge in [-0.15, -0.1) is 0 Å². The predicted octanol–water partition coefficient (Wildman–Crippen LogP) is 0.769. The van der Waals surface area contributed by atoms with Crippen LogP contribution in [0.3, 0.4) is 0 Å². The van der Waals surface area contributed by atoms with E-state index in [-0.39, 0.29) is 12.3 Å². The first kappa shape index (κ1) is 17.3. The minimum Gasteiger partial charge on any atom is -0.423 e. The fourth-order valence-corrected chi connectivity index (χ4v) is 2.92. The Balaban J connectivity index is 1.79. The lowest BCUT2D eigenvalue weighted by atomic mass is 9.79. The summed E-state index contributed by atoms with van der Waals surface area (Å²) in [4.78, 5) is 16.8. The molecule has 0 fully saturated rings. The smallest absolute Gasteiger partial charge is 0.423 e. The van der Waals surface area contributed by atoms with Crippen LogP contribution < -0.4 is 11.2 Å². The first-order valence-electron chi connectivity index (χ1n) is 8.10. The van der Waals surface area contributed by atoms with Crippen LogP contribution in [0.5, 0.6) is 0 Å². The number of nitrogens with two attached hydrogens (primary N) is 1. The van der Waals surface area contributed by atoms with Crippen molar-refractivity contribution in [3.05, 3.63) is 72.1 Å². The van der Waals surface area contributed by atoms with Crippen molar-refractivity contribution in [2.24, 2.45) is 5.73 Å². The third-order valence-corrected chi connectivity index (χ3v) is 4.34. The van der Waals surface area contributed by atoms with Gasteiger partial charge in [-0.2, -0.15) is 0 Å². The highest BCUT2D eigenvalue weighted by molar-refractivity contribution is 6.58. The van der Waals surface area contributed by atoms with Gasteiger partial charge < -0.3 is 15.8 Å². The number of benzene rings is 2. The van der Waals surface area contributed by atoms with E-state index in [2.05, 4.69) is 4.98 Å². The van der Waals surface area contributed by atoms with Gasteiger partial charge in [0.15, 0.2) is 0 Å². The van der Waals surface area contributed by atoms with Gasteiger partial charge in [0.2, 0.25) is 0 Å². The minimum absolute atomic E-state index is 0.0354. The van der Waals surface area contributed by atoms with Crippen LogP contribution in [0.4, 0.5) is 0 Å². The molecule has 0 aliphatic carbocycles. The fourth-order valence-electron chi connectivity index (χ4n) is 2.92. The summed E-state index contributed by atoms with van der Waals surface area (Å²) in [5.41, 5.74) is 7.92. The number of aromatic nitrogens is 1. The van der Waals surface area contributed by atoms with Crippen molar-refractivity contribution in [3.63, 3.8) is 0 Å². The van der Waals surface area contributed by atoms with Crippen molar-refractivity contribution < 1.29 is 14.8 Å². The normalized spacial score (nSPS) is 12.1. The lowest BCUT2D eigenvalue weighted by Crippen LogP contribution is -2.30. The van der Waals surface area contributed by atoms with Crippen LogP contribution >= 0.6 is 0 Å². The maximum absolute atomic E-state index is 12.7. The average Bonchev–Trinajstić information content (AvgIpc) is 2.62. The second-order valence-electron chi connectivity index (χ2n) is 6.03. The minimum atomic E-state index is -1.52. The Labute approximate surface area is 146 Å². The summed E-state index contributed by atoms with van der Waals surface area (Å²) in [5, 5.41) is 20.4. The molecule has 3 aromatic rings. The summed E-state index contributed by atoms with van der Waals surface area (Å²) in [6, 6.07) is 14.4. The first-order valence-corrected chi connectivity index (χ1v) is 8.10. The Hall–Kier alpha value is -2.54. The monoisotopic (exact) mass is 334 g/mol. The lowest BCUT2D eigenvalue weighted by molar-refractivity contribution is -0.119. The van der Waals surface area contributed by atoms with Crippen LogP contribution in [-0.4, -0.2) is 34.5 Å². The van der Waals surface area contributed by atoms with Gasteiger partial charge in [0, 0.05) is 30.7 Å². The topological polar surface area (TPSA) is 96.4 Å². The highest BCUT2D eigenvalue weighted by Crippen LogP contribution is 2.20. The van der Waals surface area contributed by atoms with E-state index >= 15 is 0 Å². The number of pyridine rings is 1. The molecule has 0 spiro atoms. The van der Waals surface area contributed by atoms with Gasteiger partial charge in [-0.1, -0.05) is 42.5 Å². The van der Waals surface area contributed by atoms with Crippen LogP contribution in [0.25, 0.3) is 10.8 Å². The molecule has 0 radical (unpaired) electrons. The Morgan fingerprint density at radius 1 is 1.08 bits per heavy atom. The predicted molar refractivity (Wildman–Crippen MR) is 98.5 cm³/mol. The summed E-state index contributed by atoms with van der Waals surface area (Å²) in [5.74, 6) is -0.383. The van der Waals surface area contributed by atoms with Crippen LogP contribution in [-0.2, 0) is 11.2 Å². The molecule has 3 rings (SSSR count). The molecule has 0 saturated heterocycles. The van der Waals surface area contributed by atoms with Crippen LogP contribution in [0, 0.1) is 0 Å². The van der Waals surface area contributed by atoms with Gasteiger partial charge in [0.05, 0.1) is 5.92 Å². The number of rotatable bonds is 6. The fraction of sp³-hybridized carbons (Fsp3) is 0.158. The van der Waals surface area contributed by atoms with Crippen molar-refractivity contribution in [1.29, 1.82) is 0 Å². The highest BCUT2D eigenvalue weighted by atomic mass is 16.4. The van der Waals surface area contributed by atoms with E-state index in [4.69, 9.17) is 15.8 Å². The van der Waals surface area contributed by atoms with E-state index in [1.54, 1.807) is 36.7 Å². The maximum Gasteiger partial charge on any atom is 0.488 e. The zero-order valence-corrected chi connectivity index (χ0v) is 13.7. The number of carbonyl (C=O) groups is 1. The van der Waals surface area contributed by atoms with Gasteiger partial charge in [-0.05, 0) is 28.0 Å². The molecule has 1 heterocycles. The molecule has 1 atom stereocenters. The Bertz CT molecular complexity index is 881. The lowest BCUT2D eigenvalue weighted by Gasteiger charge is -2.15. The molecule has 0 saturated carbocycles. The van der Waals surface area contributed by atoms with Crippen molar-refractivity contribution >= 4 is 29.1 Å². The number of fused-ring (bicyclic) bond motifs is 1. The zero-order valence-electron chi connectivity index (χ0n) is 13.7. The van der Waals surface area contributed by atoms with Gasteiger partial charge in [-0.3, -0.25) is 9.78 Å². The van der Waals surface area contributed by atoms with Crippen molar-refractivity contribution in [2.75, 3.05) is 6.54 Å². The van der Waals surface area contributed by atoms with Crippen molar-refractivity contribution in [3.8, 4) is 0 Å². The molecule has 0 amide bonds. The molecule has 2 aromatic carbocycles. The molecule has 126 valence electrons. The van der Waals surface area contributed by atoms with E-state index in [1.165, 1.54) is 0 Å². The molecule has 1 aromatic heterocycles. The Morgan fingerprint density at radius 3 is 2.52 bits per heavy atom. The molecule has 6 heteroatoms. The molecule has 4 N–H and O–H groups in total. The average molecular weight is 334 g/mol. The summed E-state index contributed by atoms with van der Waals surface area (Å²) in [6.07, 6.45) is 3.82. The van der Waals surface area contributed by atoms with E-state index in [0.717, 1.165) is 21.9 Å². The summed E-state index contributed by atoms with van der Waals surface area (Å²) in [6.45, 7) is 0.206. The number of Topliss-reactive ketones (excluding diaryl/α,β-unsaturated/α-hetero) is 1. The molecular formula is C19H19BN2O3. The van der Waals surface area contributed by atoms with Gasteiger partial charge in [-0.25, -0.2) is 0 Å². The Kier molecular flexibility index (Phi) is 5.24. The molecule has 0 aliphatic heterocycles. The standard InChI is InChI=1S/C19H19BN2O3/c21-11-18(14-3-5-17(6-4-14)20(24)25)19(23)10-13-1-2-16-12-22-8-7-15(16)9-13/h1-9,12,18,24-25H,10-11,21H2/t18-/m1/s1. The number of nitrogens with zero attached hydrogens (tertiary/aromatic N) is 1. The highest BCUT2D eigenvalue weighted by Gasteiger charge is 2.20. The number of hydrogen-bond donors (Lipinski definition) is 3. The third kappa shape index (κ3) is 3.93. The summed E-state index contributed by atoms with van der Waals surface area (Å²) >= 11 is 0. The quantitative estimate of drug-likeness (QED) is 0.579. The summed E-state index contributed by atoms with van der Waals surface area (Å²) < 4.78 is 0. The maximum atomic E-state index is 12.7. The SMILES string of the molecule is NC[C@@H](C(=O)Cc1ccc2cnccc2c1)c1ccc(B(O)O)cc1. The number of hydrogen-bond acceptors (Lipinski definition) is 5. The third-order valence-electron chi connectivity index (χ3n) is 4.34. The van der Waals surface area contributed by atoms with Gasteiger partial charge in [0.1, 0.15) is 5.78 Å². The van der Waals surface area contributed by atoms with Gasteiger partial charge in [0.25, 0.3) is 0 Å². The first-order chi connectivity index (χ1) is 12.1. The molecule has 25 heavy (non-hydrogen) atoms. The van der Waals surface area contributed by atoms with E-state index in [9.17, 15) is 4.79 Å². The Morgan fingerprint density at radius 2 is 1.84 bits per heavy atom. The number of ketones is 1. The second kappa shape index (κ2) is 7.57. The molecule has 0 aliphatic rings. The van der Waals surface area contributed by atoms with Gasteiger partial charge >= 0.3 is 7.12 Å². The van der Waals surface area contributed by atoms with E-state index < -0.39 is 13.0 Å². The van der Waals surface area contributed by atoms with E-state index in [0.29, 0.717) is 11.9 Å². The van der Waals surface area contributed by atoms with Crippen LogP contribution in [0.2, 0.25) is 0 Å². The van der Waals surface area contributed by atoms with Crippen molar-refractivity contribution in [1.82, 2.24) is 4.98 Å². The van der Waals surface area contributed by atoms with Crippen molar-refractivity contribution in [2.45, 2.75) is 12.3 Å². The largest absolute Gasteiger partial charge is 0.488 e. The van der Waals surface area contributed by atoms with Crippen LogP contribution in [0.1, 0.15) is 17.0 Å². The molecule has 0 unspecified atom stereocenters. The number of carbonyl (C=O) groups excluding carboxylic acids is 1. The zero-order chi connectivity index (χ0) is 17.8. The molecular weight excluding hydrogens is 315 g/mol. The summed E-state index contributed by atoms with van der Waals surface area (Å²) in [7, 11) is -1.52. The molecule has 0 bridgehead atoms. The second-order valence-corrected chi connectivity index (χ2v) is 6.03.